The van der Waals surface area contributed by atoms with Crippen LogP contribution in [0.25, 0.3) is 28.6 Å². The second-order valence-electron chi connectivity index (χ2n) is 7.93. The number of fused-ring (bicyclic) bond motifs is 1. The molecule has 0 radical (unpaired) electrons. The molecule has 0 aliphatic rings. The smallest absolute Gasteiger partial charge is 0.248 e. The van der Waals surface area contributed by atoms with Gasteiger partial charge in [0.1, 0.15) is 11.3 Å². The van der Waals surface area contributed by atoms with Crippen molar-refractivity contribution in [2.75, 3.05) is 12.4 Å². The van der Waals surface area contributed by atoms with Crippen molar-refractivity contribution in [2.24, 2.45) is 0 Å². The summed E-state index contributed by atoms with van der Waals surface area (Å²) in [5.41, 5.74) is 4.55. The van der Waals surface area contributed by atoms with Crippen molar-refractivity contribution in [3.8, 4) is 17.2 Å². The first-order valence-electron chi connectivity index (χ1n) is 10.5. The number of hydrogen-bond acceptors (Lipinski definition) is 4. The van der Waals surface area contributed by atoms with Gasteiger partial charge in [-0.05, 0) is 76.0 Å². The molecule has 0 saturated heterocycles. The zero-order chi connectivity index (χ0) is 24.4. The van der Waals surface area contributed by atoms with Crippen LogP contribution < -0.4 is 10.1 Å². The van der Waals surface area contributed by atoms with Gasteiger partial charge in [0, 0.05) is 21.8 Å². The molecular weight excluding hydrogens is 584 g/mol. The molecule has 34 heavy (non-hydrogen) atoms. The normalized spacial score (nSPS) is 11.5. The monoisotopic (exact) mass is 602 g/mol. The van der Waals surface area contributed by atoms with Crippen molar-refractivity contribution in [3.63, 3.8) is 0 Å². The Morgan fingerprint density at radius 1 is 1.15 bits per heavy atom. The highest BCUT2D eigenvalue weighted by molar-refractivity contribution is 9.11. The first-order valence-corrected chi connectivity index (χ1v) is 12.4. The summed E-state index contributed by atoms with van der Waals surface area (Å²) in [5.74, 6) is 1.12. The second kappa shape index (κ2) is 10.3. The molecule has 5 nitrogen and oxygen atoms in total. The van der Waals surface area contributed by atoms with Crippen LogP contribution in [0.15, 0.2) is 68.0 Å². The number of carbonyl (C=O) groups is 1. The molecule has 0 aliphatic heterocycles. The first kappa shape index (κ1) is 24.5. The highest BCUT2D eigenvalue weighted by atomic mass is 79.9. The number of oxazole rings is 1. The van der Waals surface area contributed by atoms with E-state index in [4.69, 9.17) is 20.8 Å². The van der Waals surface area contributed by atoms with Crippen molar-refractivity contribution in [3.05, 3.63) is 79.7 Å². The maximum Gasteiger partial charge on any atom is 0.248 e. The number of nitrogens with one attached hydrogen (secondary N) is 1. The van der Waals surface area contributed by atoms with E-state index in [0.717, 1.165) is 20.0 Å². The number of amides is 1. The fourth-order valence-corrected chi connectivity index (χ4v) is 5.07. The number of hydrogen-bond donors (Lipinski definition) is 1. The van der Waals surface area contributed by atoms with Gasteiger partial charge < -0.3 is 14.5 Å². The largest absolute Gasteiger partial charge is 0.495 e. The zero-order valence-electron chi connectivity index (χ0n) is 18.7. The highest BCUT2D eigenvalue weighted by Gasteiger charge is 2.14. The van der Waals surface area contributed by atoms with E-state index < -0.39 is 0 Å². The van der Waals surface area contributed by atoms with Gasteiger partial charge in [-0.25, -0.2) is 4.98 Å². The number of ether oxygens (including phenoxy) is 1. The molecule has 3 aromatic carbocycles. The first-order chi connectivity index (χ1) is 16.2. The Hall–Kier alpha value is -2.61. The van der Waals surface area contributed by atoms with Gasteiger partial charge in [-0.1, -0.05) is 47.4 Å². The molecule has 0 fully saturated rings. The summed E-state index contributed by atoms with van der Waals surface area (Å²) in [6.07, 6.45) is 3.13. The van der Waals surface area contributed by atoms with Crippen LogP contribution in [0.5, 0.6) is 5.75 Å². The molecule has 0 atom stereocenters. The van der Waals surface area contributed by atoms with Crippen LogP contribution in [0.4, 0.5) is 5.69 Å². The third-order valence-corrected chi connectivity index (χ3v) is 6.57. The summed E-state index contributed by atoms with van der Waals surface area (Å²) in [5, 5.41) is 3.34. The summed E-state index contributed by atoms with van der Waals surface area (Å²) < 4.78 is 13.0. The maximum absolute atomic E-state index is 12.6. The molecular formula is C26H21Br2ClN2O3. The standard InChI is InChI=1S/C26H21Br2ClN2O3/c1-14(2)15-4-8-23-22(11-15)31-26(34-23)19-13-18(6-7-21(19)29)30-24(32)9-5-16-10-17(27)12-20(28)25(16)33-3/h4-14H,1-3H3,(H,30,32)/b9-5+. The number of carbonyl (C=O) groups excluding carboxylic acids is 1. The van der Waals surface area contributed by atoms with Crippen LogP contribution in [0, 0.1) is 0 Å². The van der Waals surface area contributed by atoms with Crippen LogP contribution in [-0.2, 0) is 4.79 Å². The summed E-state index contributed by atoms with van der Waals surface area (Å²) in [7, 11) is 1.58. The lowest BCUT2D eigenvalue weighted by Crippen LogP contribution is -2.07. The molecule has 1 heterocycles. The summed E-state index contributed by atoms with van der Waals surface area (Å²) in [4.78, 5) is 17.2. The zero-order valence-corrected chi connectivity index (χ0v) is 22.6. The van der Waals surface area contributed by atoms with E-state index in [0.29, 0.717) is 39.4 Å². The van der Waals surface area contributed by atoms with Gasteiger partial charge in [-0.2, -0.15) is 0 Å². The Morgan fingerprint density at radius 2 is 1.94 bits per heavy atom. The molecule has 8 heteroatoms. The van der Waals surface area contributed by atoms with Gasteiger partial charge in [0.05, 0.1) is 22.2 Å². The summed E-state index contributed by atoms with van der Waals surface area (Å²) >= 11 is 13.3. The molecule has 0 bridgehead atoms. The van der Waals surface area contributed by atoms with E-state index in [2.05, 4.69) is 56.0 Å². The number of aromatic nitrogens is 1. The minimum Gasteiger partial charge on any atom is -0.495 e. The highest BCUT2D eigenvalue weighted by Crippen LogP contribution is 2.34. The predicted octanol–water partition coefficient (Wildman–Crippen LogP) is 8.46. The molecule has 1 amide bonds. The van der Waals surface area contributed by atoms with Crippen LogP contribution in [0.2, 0.25) is 5.02 Å². The molecule has 0 unspecified atom stereocenters. The van der Waals surface area contributed by atoms with Crippen LogP contribution in [0.1, 0.15) is 30.9 Å². The second-order valence-corrected chi connectivity index (χ2v) is 10.1. The molecule has 0 aliphatic carbocycles. The van der Waals surface area contributed by atoms with Crippen molar-refractivity contribution in [2.45, 2.75) is 19.8 Å². The fourth-order valence-electron chi connectivity index (χ4n) is 3.45. The molecule has 0 spiro atoms. The van der Waals surface area contributed by atoms with Gasteiger partial charge in [0.15, 0.2) is 5.58 Å². The topological polar surface area (TPSA) is 64.4 Å². The number of nitrogens with zero attached hydrogens (tertiary/aromatic N) is 1. The van der Waals surface area contributed by atoms with Crippen molar-refractivity contribution in [1.29, 1.82) is 0 Å². The minimum atomic E-state index is -0.300. The lowest BCUT2D eigenvalue weighted by molar-refractivity contribution is -0.111. The lowest BCUT2D eigenvalue weighted by Gasteiger charge is -2.08. The molecule has 4 aromatic rings. The Balaban J connectivity index is 1.58. The maximum atomic E-state index is 12.6. The number of rotatable bonds is 6. The van der Waals surface area contributed by atoms with Crippen LogP contribution in [-0.4, -0.2) is 18.0 Å². The molecule has 1 N–H and O–H groups in total. The minimum absolute atomic E-state index is 0.300. The average molecular weight is 605 g/mol. The van der Waals surface area contributed by atoms with Crippen LogP contribution >= 0.6 is 43.5 Å². The quantitative estimate of drug-likeness (QED) is 0.224. The van der Waals surface area contributed by atoms with E-state index >= 15 is 0 Å². The lowest BCUT2D eigenvalue weighted by atomic mass is 10.0. The molecule has 174 valence electrons. The Labute approximate surface area is 219 Å². The fraction of sp³-hybridized carbons (Fsp3) is 0.154. The van der Waals surface area contributed by atoms with Gasteiger partial charge in [-0.15, -0.1) is 0 Å². The molecule has 4 rings (SSSR count). The summed E-state index contributed by atoms with van der Waals surface area (Å²) in [6, 6.07) is 14.9. The third-order valence-electron chi connectivity index (χ3n) is 5.20. The van der Waals surface area contributed by atoms with E-state index in [-0.39, 0.29) is 5.91 Å². The van der Waals surface area contributed by atoms with Crippen molar-refractivity contribution in [1.82, 2.24) is 4.98 Å². The molecule has 1 aromatic heterocycles. The van der Waals surface area contributed by atoms with Crippen molar-refractivity contribution >= 4 is 72.2 Å². The van der Waals surface area contributed by atoms with E-state index in [1.54, 1.807) is 31.4 Å². The predicted molar refractivity (Wildman–Crippen MR) is 145 cm³/mol. The third kappa shape index (κ3) is 5.37. The van der Waals surface area contributed by atoms with Gasteiger partial charge in [0.2, 0.25) is 11.8 Å². The number of anilines is 1. The SMILES string of the molecule is COc1c(Br)cc(Br)cc1/C=C/C(=O)Nc1ccc(Cl)c(-c2nc3cc(C(C)C)ccc3o2)c1. The average Bonchev–Trinajstić information content (AvgIpc) is 3.21. The number of halogens is 3. The van der Waals surface area contributed by atoms with Crippen molar-refractivity contribution < 1.29 is 13.9 Å². The van der Waals surface area contributed by atoms with Gasteiger partial charge in [-0.3, -0.25) is 4.79 Å². The number of benzene rings is 3. The van der Waals surface area contributed by atoms with E-state index in [1.807, 2.05) is 30.3 Å². The van der Waals surface area contributed by atoms with E-state index in [1.165, 1.54) is 11.6 Å². The van der Waals surface area contributed by atoms with Crippen LogP contribution in [0.3, 0.4) is 0 Å². The Kier molecular flexibility index (Phi) is 7.45. The van der Waals surface area contributed by atoms with Gasteiger partial charge >= 0.3 is 0 Å². The van der Waals surface area contributed by atoms with Gasteiger partial charge in [0.25, 0.3) is 0 Å². The Morgan fingerprint density at radius 3 is 2.68 bits per heavy atom. The Bertz CT molecular complexity index is 1410. The summed E-state index contributed by atoms with van der Waals surface area (Å²) in [6.45, 7) is 4.26. The number of methoxy groups -OCH3 is 1. The molecule has 0 saturated carbocycles. The van der Waals surface area contributed by atoms with E-state index in [9.17, 15) is 4.79 Å².